The molecule has 0 spiro atoms. The monoisotopic (exact) mass is 357 g/mol. The number of hydrogen-bond donors (Lipinski definition) is 2. The van der Waals surface area contributed by atoms with Crippen LogP contribution in [0.25, 0.3) is 11.1 Å². The van der Waals surface area contributed by atoms with E-state index in [9.17, 15) is 9.18 Å². The highest BCUT2D eigenvalue weighted by Crippen LogP contribution is 2.37. The summed E-state index contributed by atoms with van der Waals surface area (Å²) in [5.41, 5.74) is 9.61. The van der Waals surface area contributed by atoms with Gasteiger partial charge in [-0.3, -0.25) is 4.79 Å². The Balaban J connectivity index is 2.02. The second-order valence-corrected chi connectivity index (χ2v) is 6.94. The van der Waals surface area contributed by atoms with E-state index >= 15 is 0 Å². The summed E-state index contributed by atoms with van der Waals surface area (Å²) < 4.78 is 20.9. The molecule has 3 rings (SSSR count). The Morgan fingerprint density at radius 3 is 2.65 bits per heavy atom. The Morgan fingerprint density at radius 2 is 2.00 bits per heavy atom. The van der Waals surface area contributed by atoms with Crippen molar-refractivity contribution in [2.75, 3.05) is 5.73 Å². The van der Waals surface area contributed by atoms with Crippen LogP contribution >= 0.6 is 0 Å². The van der Waals surface area contributed by atoms with Crippen molar-refractivity contribution < 1.29 is 19.0 Å². The van der Waals surface area contributed by atoms with Gasteiger partial charge < -0.3 is 15.6 Å². The van der Waals surface area contributed by atoms with Crippen molar-refractivity contribution in [1.82, 2.24) is 0 Å². The van der Waals surface area contributed by atoms with E-state index in [1.54, 1.807) is 6.07 Å². The molecule has 4 nitrogen and oxygen atoms in total. The quantitative estimate of drug-likeness (QED) is 0.734. The third-order valence-electron chi connectivity index (χ3n) is 4.90. The molecule has 1 saturated carbocycles. The van der Waals surface area contributed by atoms with Gasteiger partial charge in [0, 0.05) is 17.7 Å². The van der Waals surface area contributed by atoms with E-state index in [2.05, 4.69) is 0 Å². The van der Waals surface area contributed by atoms with Gasteiger partial charge in [-0.25, -0.2) is 4.39 Å². The molecule has 2 aromatic carbocycles. The second-order valence-electron chi connectivity index (χ2n) is 6.94. The van der Waals surface area contributed by atoms with Gasteiger partial charge in [-0.15, -0.1) is 0 Å². The summed E-state index contributed by atoms with van der Waals surface area (Å²) in [6.45, 7) is 1.90. The molecule has 0 bridgehead atoms. The second kappa shape index (κ2) is 7.77. The zero-order valence-corrected chi connectivity index (χ0v) is 14.9. The molecule has 138 valence electrons. The molecule has 0 aliphatic heterocycles. The fraction of sp³-hybridized carbons (Fsp3) is 0.381. The van der Waals surface area contributed by atoms with Gasteiger partial charge >= 0.3 is 5.97 Å². The Bertz CT molecular complexity index is 813. The van der Waals surface area contributed by atoms with E-state index in [1.807, 2.05) is 25.1 Å². The smallest absolute Gasteiger partial charge is 0.303 e. The van der Waals surface area contributed by atoms with Crippen molar-refractivity contribution in [3.05, 3.63) is 47.3 Å². The van der Waals surface area contributed by atoms with E-state index in [0.717, 1.165) is 36.8 Å². The maximum atomic E-state index is 14.9. The highest BCUT2D eigenvalue weighted by atomic mass is 19.1. The first-order chi connectivity index (χ1) is 12.4. The standard InChI is InChI=1S/C21H24FNO3/c1-13-10-15(7-8-19(13)23)17-11-14(6-9-20(24)25)12-18(22)21(17)26-16-4-2-3-5-16/h7-8,10-12,16H,2-6,9,23H2,1H3,(H,24,25). The number of nitrogen functional groups attached to an aromatic ring is 1. The first kappa shape index (κ1) is 18.2. The van der Waals surface area contributed by atoms with Gasteiger partial charge in [0.1, 0.15) is 0 Å². The molecule has 0 atom stereocenters. The molecule has 0 heterocycles. The summed E-state index contributed by atoms with van der Waals surface area (Å²) in [5, 5.41) is 8.91. The number of carbonyl (C=O) groups is 1. The van der Waals surface area contributed by atoms with Gasteiger partial charge in [0.2, 0.25) is 0 Å². The van der Waals surface area contributed by atoms with Crippen LogP contribution in [-0.2, 0) is 11.2 Å². The third-order valence-corrected chi connectivity index (χ3v) is 4.90. The zero-order valence-electron chi connectivity index (χ0n) is 14.9. The van der Waals surface area contributed by atoms with Gasteiger partial charge in [-0.1, -0.05) is 6.07 Å². The molecule has 0 radical (unpaired) electrons. The van der Waals surface area contributed by atoms with E-state index in [4.69, 9.17) is 15.6 Å². The average molecular weight is 357 g/mol. The van der Waals surface area contributed by atoms with Crippen LogP contribution in [0.1, 0.15) is 43.2 Å². The predicted octanol–water partition coefficient (Wildman–Crippen LogP) is 4.72. The van der Waals surface area contributed by atoms with Crippen LogP contribution < -0.4 is 10.5 Å². The molecule has 1 fully saturated rings. The predicted molar refractivity (Wildman–Crippen MR) is 99.8 cm³/mol. The molecule has 1 aliphatic rings. The summed E-state index contributed by atoms with van der Waals surface area (Å²) in [4.78, 5) is 10.9. The molecule has 26 heavy (non-hydrogen) atoms. The first-order valence-electron chi connectivity index (χ1n) is 9.01. The minimum absolute atomic E-state index is 0.0306. The number of aliphatic carboxylic acids is 1. The zero-order chi connectivity index (χ0) is 18.7. The summed E-state index contributed by atoms with van der Waals surface area (Å²) in [5.74, 6) is -1.09. The van der Waals surface area contributed by atoms with Crippen molar-refractivity contribution in [2.45, 2.75) is 51.6 Å². The van der Waals surface area contributed by atoms with Crippen LogP contribution in [-0.4, -0.2) is 17.2 Å². The van der Waals surface area contributed by atoms with Crippen LogP contribution in [0.2, 0.25) is 0 Å². The molecular formula is C21H24FNO3. The Morgan fingerprint density at radius 1 is 1.27 bits per heavy atom. The van der Waals surface area contributed by atoms with Crippen molar-refractivity contribution in [1.29, 1.82) is 0 Å². The number of benzene rings is 2. The first-order valence-corrected chi connectivity index (χ1v) is 9.01. The maximum absolute atomic E-state index is 14.9. The van der Waals surface area contributed by atoms with Crippen LogP contribution in [0.15, 0.2) is 30.3 Å². The van der Waals surface area contributed by atoms with Crippen LogP contribution in [0.4, 0.5) is 10.1 Å². The summed E-state index contributed by atoms with van der Waals surface area (Å²) in [7, 11) is 0. The van der Waals surface area contributed by atoms with Crippen molar-refractivity contribution in [2.24, 2.45) is 0 Å². The number of carboxylic acids is 1. The molecule has 3 N–H and O–H groups in total. The fourth-order valence-corrected chi connectivity index (χ4v) is 3.40. The molecule has 0 saturated heterocycles. The van der Waals surface area contributed by atoms with E-state index in [-0.39, 0.29) is 24.7 Å². The van der Waals surface area contributed by atoms with E-state index in [1.165, 1.54) is 6.07 Å². The van der Waals surface area contributed by atoms with Gasteiger partial charge in [0.05, 0.1) is 6.10 Å². The lowest BCUT2D eigenvalue weighted by molar-refractivity contribution is -0.136. The highest BCUT2D eigenvalue weighted by molar-refractivity contribution is 5.74. The summed E-state index contributed by atoms with van der Waals surface area (Å²) in [6, 6.07) is 8.78. The SMILES string of the molecule is Cc1cc(-c2cc(CCC(=O)O)cc(F)c2OC2CCCC2)ccc1N. The lowest BCUT2D eigenvalue weighted by Crippen LogP contribution is -2.13. The van der Waals surface area contributed by atoms with Crippen LogP contribution in [0, 0.1) is 12.7 Å². The number of hydrogen-bond acceptors (Lipinski definition) is 3. The van der Waals surface area contributed by atoms with Gasteiger partial charge in [-0.2, -0.15) is 0 Å². The van der Waals surface area contributed by atoms with Crippen molar-refractivity contribution >= 4 is 11.7 Å². The largest absolute Gasteiger partial charge is 0.487 e. The average Bonchev–Trinajstić information content (AvgIpc) is 3.10. The number of halogens is 1. The number of aryl methyl sites for hydroxylation is 2. The van der Waals surface area contributed by atoms with Gasteiger partial charge in [-0.05, 0) is 80.0 Å². The number of ether oxygens (including phenoxy) is 1. The number of rotatable bonds is 6. The van der Waals surface area contributed by atoms with Crippen molar-refractivity contribution in [3.8, 4) is 16.9 Å². The van der Waals surface area contributed by atoms with Gasteiger partial charge in [0.15, 0.2) is 11.6 Å². The molecular weight excluding hydrogens is 333 g/mol. The summed E-state index contributed by atoms with van der Waals surface area (Å²) >= 11 is 0. The normalized spacial score (nSPS) is 14.5. The molecule has 0 amide bonds. The number of anilines is 1. The minimum Gasteiger partial charge on any atom is -0.487 e. The Labute approximate surface area is 152 Å². The molecule has 0 unspecified atom stereocenters. The highest BCUT2D eigenvalue weighted by Gasteiger charge is 2.22. The van der Waals surface area contributed by atoms with Crippen molar-refractivity contribution in [3.63, 3.8) is 0 Å². The molecule has 5 heteroatoms. The molecule has 2 aromatic rings. The fourth-order valence-electron chi connectivity index (χ4n) is 3.40. The Hall–Kier alpha value is -2.56. The van der Waals surface area contributed by atoms with E-state index in [0.29, 0.717) is 16.8 Å². The summed E-state index contributed by atoms with van der Waals surface area (Å²) in [6.07, 6.45) is 4.32. The third kappa shape index (κ3) is 4.15. The van der Waals surface area contributed by atoms with Crippen LogP contribution in [0.5, 0.6) is 5.75 Å². The number of carboxylic acid groups (broad SMARTS) is 1. The van der Waals surface area contributed by atoms with Gasteiger partial charge in [0.25, 0.3) is 0 Å². The Kier molecular flexibility index (Phi) is 5.45. The maximum Gasteiger partial charge on any atom is 0.303 e. The number of nitrogens with two attached hydrogens (primary N) is 1. The minimum atomic E-state index is -0.901. The topological polar surface area (TPSA) is 72.5 Å². The molecule has 1 aliphatic carbocycles. The van der Waals surface area contributed by atoms with E-state index < -0.39 is 11.8 Å². The molecule has 0 aromatic heterocycles. The lowest BCUT2D eigenvalue weighted by Gasteiger charge is -2.19. The lowest BCUT2D eigenvalue weighted by atomic mass is 9.97. The van der Waals surface area contributed by atoms with Crippen LogP contribution in [0.3, 0.4) is 0 Å².